The third kappa shape index (κ3) is 5.17. The smallest absolute Gasteiger partial charge is 0.241 e. The third-order valence-electron chi connectivity index (χ3n) is 4.71. The normalized spacial score (nSPS) is 14.1. The summed E-state index contributed by atoms with van der Waals surface area (Å²) in [5.74, 6) is -0.394. The van der Waals surface area contributed by atoms with E-state index in [2.05, 4.69) is 22.3 Å². The van der Waals surface area contributed by atoms with Gasteiger partial charge in [0.25, 0.3) is 0 Å². The van der Waals surface area contributed by atoms with E-state index in [4.69, 9.17) is 11.6 Å². The van der Waals surface area contributed by atoms with Crippen LogP contribution < -0.4 is 14.5 Å². The van der Waals surface area contributed by atoms with Gasteiger partial charge in [0.1, 0.15) is 6.54 Å². The predicted molar refractivity (Wildman–Crippen MR) is 113 cm³/mol. The molecule has 1 fully saturated rings. The maximum Gasteiger partial charge on any atom is 0.241 e. The van der Waals surface area contributed by atoms with Crippen LogP contribution in [0.15, 0.2) is 48.5 Å². The van der Waals surface area contributed by atoms with Crippen molar-refractivity contribution in [2.45, 2.75) is 19.4 Å². The Balaban J connectivity index is 1.61. The lowest BCUT2D eigenvalue weighted by atomic mass is 10.2. The Bertz CT molecular complexity index is 926. The minimum atomic E-state index is -3.65. The second-order valence-electron chi connectivity index (χ2n) is 6.86. The van der Waals surface area contributed by atoms with E-state index in [1.807, 2.05) is 12.1 Å². The van der Waals surface area contributed by atoms with Crippen molar-refractivity contribution in [2.24, 2.45) is 0 Å². The fourth-order valence-electron chi connectivity index (χ4n) is 3.22. The Labute approximate surface area is 171 Å². The van der Waals surface area contributed by atoms with Gasteiger partial charge in [-0.15, -0.1) is 0 Å². The number of hydrogen-bond donors (Lipinski definition) is 1. The SMILES string of the molecule is CS(=O)(=O)N(CC(=O)NCc1ccc(N2CCCC2)cc1)c1ccccc1Cl. The van der Waals surface area contributed by atoms with Crippen LogP contribution in [0.4, 0.5) is 11.4 Å². The molecule has 0 unspecified atom stereocenters. The van der Waals surface area contributed by atoms with E-state index in [1.165, 1.54) is 18.5 Å². The molecule has 2 aromatic rings. The number of nitrogens with zero attached hydrogens (tertiary/aromatic N) is 2. The van der Waals surface area contributed by atoms with E-state index < -0.39 is 15.9 Å². The topological polar surface area (TPSA) is 69.7 Å². The summed E-state index contributed by atoms with van der Waals surface area (Å²) in [6.45, 7) is 2.17. The average Bonchev–Trinajstić information content (AvgIpc) is 3.19. The number of para-hydroxylation sites is 1. The van der Waals surface area contributed by atoms with Crippen LogP contribution in [0, 0.1) is 0 Å². The summed E-state index contributed by atoms with van der Waals surface area (Å²) >= 11 is 6.11. The predicted octanol–water partition coefficient (Wildman–Crippen LogP) is 3.02. The van der Waals surface area contributed by atoms with Crippen LogP contribution in [-0.4, -0.2) is 40.2 Å². The molecule has 0 spiro atoms. The lowest BCUT2D eigenvalue weighted by Crippen LogP contribution is -2.40. The molecule has 0 radical (unpaired) electrons. The van der Waals surface area contributed by atoms with Crippen molar-refractivity contribution in [2.75, 3.05) is 35.1 Å². The first-order valence-corrected chi connectivity index (χ1v) is 11.4. The molecule has 3 rings (SSSR count). The van der Waals surface area contributed by atoms with Crippen molar-refractivity contribution in [3.05, 3.63) is 59.1 Å². The molecule has 8 heteroatoms. The van der Waals surface area contributed by atoms with Gasteiger partial charge < -0.3 is 10.2 Å². The van der Waals surface area contributed by atoms with Crippen LogP contribution >= 0.6 is 11.6 Å². The van der Waals surface area contributed by atoms with Gasteiger partial charge in [0, 0.05) is 25.3 Å². The molecular weight excluding hydrogens is 398 g/mol. The quantitative estimate of drug-likeness (QED) is 0.746. The van der Waals surface area contributed by atoms with Gasteiger partial charge in [0.15, 0.2) is 0 Å². The summed E-state index contributed by atoms with van der Waals surface area (Å²) in [4.78, 5) is 14.7. The molecule has 1 heterocycles. The van der Waals surface area contributed by atoms with Gasteiger partial charge in [-0.2, -0.15) is 0 Å². The lowest BCUT2D eigenvalue weighted by Gasteiger charge is -2.23. The molecule has 0 bridgehead atoms. The molecule has 2 aromatic carbocycles. The zero-order valence-electron chi connectivity index (χ0n) is 15.8. The number of hydrogen-bond acceptors (Lipinski definition) is 4. The van der Waals surface area contributed by atoms with Gasteiger partial charge in [-0.1, -0.05) is 35.9 Å². The number of sulfonamides is 1. The number of nitrogens with one attached hydrogen (secondary N) is 1. The molecule has 28 heavy (non-hydrogen) atoms. The van der Waals surface area contributed by atoms with E-state index in [9.17, 15) is 13.2 Å². The van der Waals surface area contributed by atoms with Crippen LogP contribution in [0.3, 0.4) is 0 Å². The summed E-state index contributed by atoms with van der Waals surface area (Å²) in [6.07, 6.45) is 3.50. The molecule has 0 saturated carbocycles. The van der Waals surface area contributed by atoms with E-state index in [0.29, 0.717) is 6.54 Å². The molecule has 1 aliphatic rings. The summed E-state index contributed by atoms with van der Waals surface area (Å²) < 4.78 is 25.3. The summed E-state index contributed by atoms with van der Waals surface area (Å²) in [6, 6.07) is 14.6. The number of halogens is 1. The number of carbonyl (C=O) groups excluding carboxylic acids is 1. The lowest BCUT2D eigenvalue weighted by molar-refractivity contribution is -0.119. The van der Waals surface area contributed by atoms with Gasteiger partial charge in [0.2, 0.25) is 15.9 Å². The van der Waals surface area contributed by atoms with Gasteiger partial charge in [0.05, 0.1) is 17.0 Å². The zero-order valence-corrected chi connectivity index (χ0v) is 17.3. The van der Waals surface area contributed by atoms with E-state index >= 15 is 0 Å². The van der Waals surface area contributed by atoms with Gasteiger partial charge in [-0.05, 0) is 42.7 Å². The second-order valence-corrected chi connectivity index (χ2v) is 9.17. The molecule has 150 valence electrons. The van der Waals surface area contributed by atoms with Crippen molar-refractivity contribution in [1.29, 1.82) is 0 Å². The summed E-state index contributed by atoms with van der Waals surface area (Å²) in [5, 5.41) is 3.05. The van der Waals surface area contributed by atoms with Crippen molar-refractivity contribution >= 4 is 38.9 Å². The van der Waals surface area contributed by atoms with E-state index in [0.717, 1.165) is 29.2 Å². The zero-order chi connectivity index (χ0) is 20.1. The van der Waals surface area contributed by atoms with Crippen LogP contribution in [0.1, 0.15) is 18.4 Å². The molecule has 0 atom stereocenters. The first-order valence-electron chi connectivity index (χ1n) is 9.17. The standard InChI is InChI=1S/C20H24ClN3O3S/c1-28(26,27)24(19-7-3-2-6-18(19)21)15-20(25)22-14-16-8-10-17(11-9-16)23-12-4-5-13-23/h2-3,6-11H,4-5,12-15H2,1H3,(H,22,25). The fraction of sp³-hybridized carbons (Fsp3) is 0.350. The highest BCUT2D eigenvalue weighted by molar-refractivity contribution is 7.92. The Morgan fingerprint density at radius 2 is 1.75 bits per heavy atom. The maximum atomic E-state index is 12.4. The van der Waals surface area contributed by atoms with E-state index in [1.54, 1.807) is 24.3 Å². The molecule has 0 aliphatic carbocycles. The monoisotopic (exact) mass is 421 g/mol. The molecule has 1 N–H and O–H groups in total. The Morgan fingerprint density at radius 3 is 2.36 bits per heavy atom. The molecule has 1 aliphatic heterocycles. The highest BCUT2D eigenvalue weighted by Crippen LogP contribution is 2.27. The second kappa shape index (κ2) is 8.84. The average molecular weight is 422 g/mol. The van der Waals surface area contributed by atoms with Crippen molar-refractivity contribution in [1.82, 2.24) is 5.32 Å². The Hall–Kier alpha value is -2.25. The molecule has 1 saturated heterocycles. The molecule has 6 nitrogen and oxygen atoms in total. The third-order valence-corrected chi connectivity index (χ3v) is 6.15. The molecular formula is C20H24ClN3O3S. The summed E-state index contributed by atoms with van der Waals surface area (Å²) in [5.41, 5.74) is 2.44. The Morgan fingerprint density at radius 1 is 1.11 bits per heavy atom. The minimum absolute atomic E-state index is 0.276. The van der Waals surface area contributed by atoms with Gasteiger partial charge in [-0.25, -0.2) is 8.42 Å². The molecule has 1 amide bonds. The van der Waals surface area contributed by atoms with Crippen molar-refractivity contribution in [3.8, 4) is 0 Å². The highest BCUT2D eigenvalue weighted by atomic mass is 35.5. The number of benzene rings is 2. The molecule has 0 aromatic heterocycles. The van der Waals surface area contributed by atoms with Crippen LogP contribution in [-0.2, 0) is 21.4 Å². The fourth-order valence-corrected chi connectivity index (χ4v) is 4.38. The maximum absolute atomic E-state index is 12.4. The number of carbonyl (C=O) groups is 1. The van der Waals surface area contributed by atoms with Crippen LogP contribution in [0.25, 0.3) is 0 Å². The Kier molecular flexibility index (Phi) is 6.46. The van der Waals surface area contributed by atoms with Crippen molar-refractivity contribution in [3.63, 3.8) is 0 Å². The largest absolute Gasteiger partial charge is 0.372 e. The minimum Gasteiger partial charge on any atom is -0.372 e. The first kappa shape index (κ1) is 20.5. The van der Waals surface area contributed by atoms with Crippen molar-refractivity contribution < 1.29 is 13.2 Å². The first-order chi connectivity index (χ1) is 13.3. The van der Waals surface area contributed by atoms with Gasteiger partial charge >= 0.3 is 0 Å². The number of rotatable bonds is 7. The van der Waals surface area contributed by atoms with E-state index in [-0.39, 0.29) is 17.3 Å². The van der Waals surface area contributed by atoms with Crippen LogP contribution in [0.2, 0.25) is 5.02 Å². The highest BCUT2D eigenvalue weighted by Gasteiger charge is 2.22. The van der Waals surface area contributed by atoms with Gasteiger partial charge in [-0.3, -0.25) is 9.10 Å². The number of amides is 1. The number of anilines is 2. The van der Waals surface area contributed by atoms with Crippen LogP contribution in [0.5, 0.6) is 0 Å². The summed E-state index contributed by atoms with van der Waals surface area (Å²) in [7, 11) is -3.65.